The predicted octanol–water partition coefficient (Wildman–Crippen LogP) is 0.334. The minimum Gasteiger partial charge on any atom is -0.343 e. The zero-order chi connectivity index (χ0) is 14.9. The zero-order valence-corrected chi connectivity index (χ0v) is 12.5. The Kier molecular flexibility index (Phi) is 4.11. The Morgan fingerprint density at radius 1 is 1.40 bits per heavy atom. The van der Waals surface area contributed by atoms with Crippen LogP contribution in [0.2, 0.25) is 0 Å². The number of nitrogens with one attached hydrogen (secondary N) is 1. The van der Waals surface area contributed by atoms with Gasteiger partial charge < -0.3 is 10.2 Å². The quantitative estimate of drug-likeness (QED) is 0.863. The Morgan fingerprint density at radius 3 is 2.65 bits per heavy atom. The molecule has 2 unspecified atom stereocenters. The van der Waals surface area contributed by atoms with Crippen molar-refractivity contribution in [3.63, 3.8) is 0 Å². The maximum absolute atomic E-state index is 12.3. The first kappa shape index (κ1) is 14.6. The molecule has 6 heteroatoms. The highest BCUT2D eigenvalue weighted by Crippen LogP contribution is 2.18. The molecule has 1 fully saturated rings. The van der Waals surface area contributed by atoms with Gasteiger partial charge in [-0.2, -0.15) is 5.10 Å². The van der Waals surface area contributed by atoms with Gasteiger partial charge in [0.25, 0.3) is 0 Å². The molecule has 1 aromatic rings. The highest BCUT2D eigenvalue weighted by atomic mass is 16.2. The van der Waals surface area contributed by atoms with Gasteiger partial charge in [-0.25, -0.2) is 0 Å². The fourth-order valence-corrected chi connectivity index (χ4v) is 2.68. The van der Waals surface area contributed by atoms with E-state index < -0.39 is 6.04 Å². The highest BCUT2D eigenvalue weighted by Gasteiger charge is 2.39. The molecular weight excluding hydrogens is 256 g/mol. The minimum atomic E-state index is -0.441. The number of aromatic nitrogens is 2. The van der Waals surface area contributed by atoms with Crippen LogP contribution < -0.4 is 5.32 Å². The van der Waals surface area contributed by atoms with Crippen LogP contribution in [0.5, 0.6) is 0 Å². The van der Waals surface area contributed by atoms with E-state index in [1.807, 2.05) is 27.0 Å². The summed E-state index contributed by atoms with van der Waals surface area (Å²) in [7, 11) is 1.88. The number of nitrogens with zero attached hydrogens (tertiary/aromatic N) is 3. The van der Waals surface area contributed by atoms with E-state index in [1.54, 1.807) is 22.7 Å². The van der Waals surface area contributed by atoms with Crippen LogP contribution in [0.3, 0.4) is 0 Å². The summed E-state index contributed by atoms with van der Waals surface area (Å²) in [5.41, 5.74) is 1.05. The van der Waals surface area contributed by atoms with Crippen LogP contribution in [0.25, 0.3) is 0 Å². The Balaban J connectivity index is 2.14. The number of hydrogen-bond donors (Lipinski definition) is 1. The first-order chi connectivity index (χ1) is 9.41. The van der Waals surface area contributed by atoms with Gasteiger partial charge >= 0.3 is 0 Å². The molecule has 0 bridgehead atoms. The smallest absolute Gasteiger partial charge is 0.245 e. The number of piperazine rings is 1. The summed E-state index contributed by atoms with van der Waals surface area (Å²) in [6.07, 6.45) is 2.44. The molecule has 0 aliphatic carbocycles. The Morgan fingerprint density at radius 2 is 2.10 bits per heavy atom. The second-order valence-corrected chi connectivity index (χ2v) is 5.65. The molecule has 6 nitrogen and oxygen atoms in total. The Labute approximate surface area is 119 Å². The lowest BCUT2D eigenvalue weighted by molar-refractivity contribution is -0.150. The maximum atomic E-state index is 12.3. The second-order valence-electron chi connectivity index (χ2n) is 5.65. The van der Waals surface area contributed by atoms with Gasteiger partial charge in [-0.05, 0) is 18.9 Å². The molecule has 2 rings (SSSR count). The SMILES string of the molecule is CC1NC(=O)C(C(C)C)N(CCc2ccnn2C)C1=O. The molecule has 0 aromatic carbocycles. The minimum absolute atomic E-state index is 0.00883. The summed E-state index contributed by atoms with van der Waals surface area (Å²) in [5, 5.41) is 6.86. The standard InChI is InChI=1S/C14H22N4O2/c1-9(2)12-13(19)16-10(3)14(20)18(12)8-6-11-5-7-15-17(11)4/h5,7,9-10,12H,6,8H2,1-4H3,(H,16,19). The van der Waals surface area contributed by atoms with Crippen molar-refractivity contribution in [2.24, 2.45) is 13.0 Å². The molecule has 1 saturated heterocycles. The van der Waals surface area contributed by atoms with Crippen LogP contribution >= 0.6 is 0 Å². The van der Waals surface area contributed by atoms with Gasteiger partial charge in [-0.15, -0.1) is 0 Å². The van der Waals surface area contributed by atoms with Crippen molar-refractivity contribution < 1.29 is 9.59 Å². The molecule has 0 spiro atoms. The summed E-state index contributed by atoms with van der Waals surface area (Å²) in [6.45, 7) is 6.20. The third kappa shape index (κ3) is 2.69. The van der Waals surface area contributed by atoms with E-state index in [2.05, 4.69) is 10.4 Å². The summed E-state index contributed by atoms with van der Waals surface area (Å²) >= 11 is 0. The van der Waals surface area contributed by atoms with Gasteiger partial charge in [0.2, 0.25) is 11.8 Å². The summed E-state index contributed by atoms with van der Waals surface area (Å²) in [6, 6.07) is 1.11. The van der Waals surface area contributed by atoms with Crippen LogP contribution in [0.1, 0.15) is 26.5 Å². The summed E-state index contributed by atoms with van der Waals surface area (Å²) in [5.74, 6) is 0.0283. The topological polar surface area (TPSA) is 67.2 Å². The lowest BCUT2D eigenvalue weighted by Gasteiger charge is -2.39. The van der Waals surface area contributed by atoms with Gasteiger partial charge in [0.15, 0.2) is 0 Å². The Hall–Kier alpha value is -1.85. The lowest BCUT2D eigenvalue weighted by atomic mass is 9.97. The summed E-state index contributed by atoms with van der Waals surface area (Å²) < 4.78 is 1.79. The van der Waals surface area contributed by atoms with Gasteiger partial charge in [0.1, 0.15) is 12.1 Å². The number of aryl methyl sites for hydroxylation is 1. The van der Waals surface area contributed by atoms with Crippen molar-refractivity contribution in [2.75, 3.05) is 6.54 Å². The normalized spacial score (nSPS) is 23.4. The van der Waals surface area contributed by atoms with E-state index in [0.717, 1.165) is 5.69 Å². The van der Waals surface area contributed by atoms with Gasteiger partial charge in [0, 0.05) is 31.9 Å². The van der Waals surface area contributed by atoms with Crippen molar-refractivity contribution in [3.05, 3.63) is 18.0 Å². The van der Waals surface area contributed by atoms with Gasteiger partial charge in [0.05, 0.1) is 0 Å². The number of amides is 2. The molecular formula is C14H22N4O2. The van der Waals surface area contributed by atoms with Gasteiger partial charge in [-0.1, -0.05) is 13.8 Å². The highest BCUT2D eigenvalue weighted by molar-refractivity contribution is 5.96. The van der Waals surface area contributed by atoms with Crippen LogP contribution in [0.15, 0.2) is 12.3 Å². The number of rotatable bonds is 4. The molecule has 0 radical (unpaired) electrons. The van der Waals surface area contributed by atoms with Crippen molar-refractivity contribution in [3.8, 4) is 0 Å². The molecule has 0 saturated carbocycles. The molecule has 1 aliphatic rings. The number of hydrogen-bond acceptors (Lipinski definition) is 3. The molecule has 2 atom stereocenters. The summed E-state index contributed by atoms with van der Waals surface area (Å²) in [4.78, 5) is 26.1. The molecule has 110 valence electrons. The molecule has 2 amide bonds. The number of carbonyl (C=O) groups is 2. The zero-order valence-electron chi connectivity index (χ0n) is 12.5. The van der Waals surface area contributed by atoms with Crippen molar-refractivity contribution >= 4 is 11.8 Å². The van der Waals surface area contributed by atoms with E-state index in [9.17, 15) is 9.59 Å². The average Bonchev–Trinajstić information content (AvgIpc) is 2.77. The molecule has 1 N–H and O–H groups in total. The van der Waals surface area contributed by atoms with Crippen molar-refractivity contribution in [1.29, 1.82) is 0 Å². The monoisotopic (exact) mass is 278 g/mol. The lowest BCUT2D eigenvalue weighted by Crippen LogP contribution is -2.64. The largest absolute Gasteiger partial charge is 0.343 e. The number of carbonyl (C=O) groups excluding carboxylic acids is 2. The molecule has 1 aliphatic heterocycles. The molecule has 1 aromatic heterocycles. The second kappa shape index (κ2) is 5.64. The molecule has 2 heterocycles. The molecule has 20 heavy (non-hydrogen) atoms. The van der Waals surface area contributed by atoms with Crippen molar-refractivity contribution in [2.45, 2.75) is 39.3 Å². The van der Waals surface area contributed by atoms with E-state index in [0.29, 0.717) is 13.0 Å². The van der Waals surface area contributed by atoms with E-state index in [1.165, 1.54) is 0 Å². The predicted molar refractivity (Wildman–Crippen MR) is 74.9 cm³/mol. The van der Waals surface area contributed by atoms with Crippen molar-refractivity contribution in [1.82, 2.24) is 20.0 Å². The van der Waals surface area contributed by atoms with E-state index in [-0.39, 0.29) is 23.8 Å². The fourth-order valence-electron chi connectivity index (χ4n) is 2.68. The average molecular weight is 278 g/mol. The van der Waals surface area contributed by atoms with Crippen LogP contribution in [0, 0.1) is 5.92 Å². The maximum Gasteiger partial charge on any atom is 0.245 e. The first-order valence-electron chi connectivity index (χ1n) is 6.99. The van der Waals surface area contributed by atoms with Gasteiger partial charge in [-0.3, -0.25) is 14.3 Å². The third-order valence-corrected chi connectivity index (χ3v) is 3.78. The third-order valence-electron chi connectivity index (χ3n) is 3.78. The van der Waals surface area contributed by atoms with E-state index in [4.69, 9.17) is 0 Å². The van der Waals surface area contributed by atoms with E-state index >= 15 is 0 Å². The van der Waals surface area contributed by atoms with Crippen LogP contribution in [-0.4, -0.2) is 45.1 Å². The van der Waals surface area contributed by atoms with Crippen LogP contribution in [-0.2, 0) is 23.1 Å². The fraction of sp³-hybridized carbons (Fsp3) is 0.643. The Bertz CT molecular complexity index is 509. The van der Waals surface area contributed by atoms with Crippen LogP contribution in [0.4, 0.5) is 0 Å². The first-order valence-corrected chi connectivity index (χ1v) is 6.99.